The third-order valence-electron chi connectivity index (χ3n) is 4.24. The van der Waals surface area contributed by atoms with E-state index in [0.29, 0.717) is 13.1 Å². The van der Waals surface area contributed by atoms with Crippen LogP contribution in [0.15, 0.2) is 72.8 Å². The third kappa shape index (κ3) is 3.39. The average molecular weight is 441 g/mol. The van der Waals surface area contributed by atoms with Gasteiger partial charge in [0.2, 0.25) is 0 Å². The summed E-state index contributed by atoms with van der Waals surface area (Å²) in [6.07, 6.45) is 0. The Morgan fingerprint density at radius 3 is 2.32 bits per heavy atom. The smallest absolute Gasteiger partial charge is 0.255 e. The summed E-state index contributed by atoms with van der Waals surface area (Å²) in [6, 6.07) is 23.6. The first-order chi connectivity index (χ1) is 12.2. The van der Waals surface area contributed by atoms with Crippen molar-refractivity contribution in [1.29, 1.82) is 0 Å². The van der Waals surface area contributed by atoms with Crippen LogP contribution in [0, 0.1) is 3.57 Å². The monoisotopic (exact) mass is 441 g/mol. The zero-order valence-corrected chi connectivity index (χ0v) is 15.6. The van der Waals surface area contributed by atoms with Gasteiger partial charge in [0, 0.05) is 16.7 Å². The van der Waals surface area contributed by atoms with Crippen molar-refractivity contribution in [2.45, 2.75) is 13.1 Å². The average Bonchev–Trinajstić information content (AvgIpc) is 2.95. The Balaban J connectivity index is 1.46. The highest BCUT2D eigenvalue weighted by Crippen LogP contribution is 2.29. The maximum Gasteiger partial charge on any atom is 0.255 e. The van der Waals surface area contributed by atoms with E-state index in [1.54, 1.807) is 0 Å². The Kier molecular flexibility index (Phi) is 4.44. The molecule has 4 rings (SSSR count). The number of fused-ring (bicyclic) bond motifs is 1. The van der Waals surface area contributed by atoms with Crippen molar-refractivity contribution >= 4 is 28.5 Å². The number of carbonyl (C=O) groups excluding carboxylic acids is 1. The SMILES string of the molecule is O=C1c2c(I)cccc2CN1Cc1ccc(Oc2ccccc2)cc1. The number of rotatable bonds is 4. The van der Waals surface area contributed by atoms with Gasteiger partial charge >= 0.3 is 0 Å². The van der Waals surface area contributed by atoms with Crippen LogP contribution >= 0.6 is 22.6 Å². The molecule has 25 heavy (non-hydrogen) atoms. The van der Waals surface area contributed by atoms with Crippen LogP contribution in [0.5, 0.6) is 11.5 Å². The summed E-state index contributed by atoms with van der Waals surface area (Å²) in [5.74, 6) is 1.72. The molecule has 0 aliphatic carbocycles. The number of amides is 1. The summed E-state index contributed by atoms with van der Waals surface area (Å²) < 4.78 is 6.83. The van der Waals surface area contributed by atoms with Crippen molar-refractivity contribution in [1.82, 2.24) is 4.90 Å². The van der Waals surface area contributed by atoms with Gasteiger partial charge in [-0.1, -0.05) is 42.5 Å². The number of halogens is 1. The molecule has 0 unspecified atom stereocenters. The van der Waals surface area contributed by atoms with Crippen molar-refractivity contribution in [3.63, 3.8) is 0 Å². The number of para-hydroxylation sites is 1. The normalized spacial score (nSPS) is 13.0. The largest absolute Gasteiger partial charge is 0.457 e. The lowest BCUT2D eigenvalue weighted by molar-refractivity contribution is 0.0766. The fourth-order valence-corrected chi connectivity index (χ4v) is 3.80. The highest BCUT2D eigenvalue weighted by atomic mass is 127. The van der Waals surface area contributed by atoms with Gasteiger partial charge in [-0.15, -0.1) is 0 Å². The van der Waals surface area contributed by atoms with Crippen LogP contribution in [0.1, 0.15) is 21.5 Å². The Morgan fingerprint density at radius 1 is 0.880 bits per heavy atom. The lowest BCUT2D eigenvalue weighted by Gasteiger charge is -2.16. The molecule has 0 N–H and O–H groups in total. The van der Waals surface area contributed by atoms with Gasteiger partial charge in [-0.3, -0.25) is 4.79 Å². The summed E-state index contributed by atoms with van der Waals surface area (Å²) in [7, 11) is 0. The van der Waals surface area contributed by atoms with Gasteiger partial charge in [0.15, 0.2) is 0 Å². The van der Waals surface area contributed by atoms with Crippen molar-refractivity contribution in [3.05, 3.63) is 93.1 Å². The highest BCUT2D eigenvalue weighted by Gasteiger charge is 2.28. The molecule has 0 atom stereocenters. The number of hydrogen-bond donors (Lipinski definition) is 0. The molecule has 0 fully saturated rings. The second-order valence-electron chi connectivity index (χ2n) is 5.99. The van der Waals surface area contributed by atoms with Gasteiger partial charge in [-0.05, 0) is 64.0 Å². The molecule has 1 aliphatic heterocycles. The molecular weight excluding hydrogens is 425 g/mol. The summed E-state index contributed by atoms with van der Waals surface area (Å²) in [4.78, 5) is 14.5. The second-order valence-corrected chi connectivity index (χ2v) is 7.16. The predicted molar refractivity (Wildman–Crippen MR) is 106 cm³/mol. The Morgan fingerprint density at radius 2 is 1.60 bits per heavy atom. The van der Waals surface area contributed by atoms with Crippen molar-refractivity contribution in [2.24, 2.45) is 0 Å². The molecule has 1 aliphatic rings. The van der Waals surface area contributed by atoms with Gasteiger partial charge in [0.25, 0.3) is 5.91 Å². The number of carbonyl (C=O) groups is 1. The minimum Gasteiger partial charge on any atom is -0.457 e. The molecule has 124 valence electrons. The third-order valence-corrected chi connectivity index (χ3v) is 5.14. The van der Waals surface area contributed by atoms with Gasteiger partial charge in [0.1, 0.15) is 11.5 Å². The van der Waals surface area contributed by atoms with Gasteiger partial charge in [-0.25, -0.2) is 0 Å². The summed E-state index contributed by atoms with van der Waals surface area (Å²) in [5, 5.41) is 0. The quantitative estimate of drug-likeness (QED) is 0.519. The van der Waals surface area contributed by atoms with Crippen molar-refractivity contribution < 1.29 is 9.53 Å². The van der Waals surface area contributed by atoms with Crippen LogP contribution in [0.25, 0.3) is 0 Å². The first-order valence-electron chi connectivity index (χ1n) is 8.09. The molecule has 0 spiro atoms. The Hall–Kier alpha value is -2.34. The molecule has 3 nitrogen and oxygen atoms in total. The number of benzene rings is 3. The Labute approximate surface area is 160 Å². The Bertz CT molecular complexity index is 907. The van der Waals surface area contributed by atoms with Crippen LogP contribution in [0.2, 0.25) is 0 Å². The highest BCUT2D eigenvalue weighted by molar-refractivity contribution is 14.1. The van der Waals surface area contributed by atoms with E-state index in [1.807, 2.05) is 77.7 Å². The fraction of sp³-hybridized carbons (Fsp3) is 0.0952. The first kappa shape index (κ1) is 16.1. The number of ether oxygens (including phenoxy) is 1. The molecule has 3 aromatic carbocycles. The molecule has 4 heteroatoms. The molecule has 0 radical (unpaired) electrons. The van der Waals surface area contributed by atoms with E-state index in [9.17, 15) is 4.79 Å². The minimum absolute atomic E-state index is 0.115. The minimum atomic E-state index is 0.115. The van der Waals surface area contributed by atoms with Gasteiger partial charge < -0.3 is 9.64 Å². The molecule has 0 saturated heterocycles. The molecule has 1 amide bonds. The van der Waals surface area contributed by atoms with E-state index in [1.165, 1.54) is 0 Å². The van der Waals surface area contributed by atoms with Crippen LogP contribution in [0.4, 0.5) is 0 Å². The van der Waals surface area contributed by atoms with Crippen LogP contribution in [0.3, 0.4) is 0 Å². The van der Waals surface area contributed by atoms with E-state index in [2.05, 4.69) is 22.6 Å². The lowest BCUT2D eigenvalue weighted by Crippen LogP contribution is -2.23. The van der Waals surface area contributed by atoms with E-state index < -0.39 is 0 Å². The first-order valence-corrected chi connectivity index (χ1v) is 9.17. The van der Waals surface area contributed by atoms with Crippen molar-refractivity contribution in [2.75, 3.05) is 0 Å². The van der Waals surface area contributed by atoms with E-state index in [-0.39, 0.29) is 5.91 Å². The summed E-state index contributed by atoms with van der Waals surface area (Å²) in [5.41, 5.74) is 3.06. The van der Waals surface area contributed by atoms with Crippen LogP contribution < -0.4 is 4.74 Å². The topological polar surface area (TPSA) is 29.5 Å². The number of nitrogens with zero attached hydrogens (tertiary/aromatic N) is 1. The van der Waals surface area contributed by atoms with E-state index in [0.717, 1.165) is 31.8 Å². The lowest BCUT2D eigenvalue weighted by atomic mass is 10.1. The molecule has 1 heterocycles. The van der Waals surface area contributed by atoms with Crippen molar-refractivity contribution in [3.8, 4) is 11.5 Å². The van der Waals surface area contributed by atoms with E-state index >= 15 is 0 Å². The second kappa shape index (κ2) is 6.88. The van der Waals surface area contributed by atoms with Crippen LogP contribution in [-0.4, -0.2) is 10.8 Å². The zero-order chi connectivity index (χ0) is 17.2. The van der Waals surface area contributed by atoms with E-state index in [4.69, 9.17) is 4.74 Å². The van der Waals surface area contributed by atoms with Gasteiger partial charge in [0.05, 0.1) is 5.56 Å². The number of hydrogen-bond acceptors (Lipinski definition) is 2. The molecule has 0 bridgehead atoms. The summed E-state index contributed by atoms with van der Waals surface area (Å²) >= 11 is 2.23. The standard InChI is InChI=1S/C21H16INO2/c22-19-8-4-5-16-14-23(21(24)20(16)19)13-15-9-11-18(12-10-15)25-17-6-2-1-3-7-17/h1-12H,13-14H2. The summed E-state index contributed by atoms with van der Waals surface area (Å²) in [6.45, 7) is 1.28. The fourth-order valence-electron chi connectivity index (χ4n) is 3.01. The molecular formula is C21H16INO2. The predicted octanol–water partition coefficient (Wildman–Crippen LogP) is 5.24. The maximum absolute atomic E-state index is 12.6. The molecule has 3 aromatic rings. The molecule has 0 aromatic heterocycles. The molecule has 0 saturated carbocycles. The zero-order valence-electron chi connectivity index (χ0n) is 13.5. The maximum atomic E-state index is 12.6. The van der Waals surface area contributed by atoms with Crippen LogP contribution in [-0.2, 0) is 13.1 Å². The van der Waals surface area contributed by atoms with Gasteiger partial charge in [-0.2, -0.15) is 0 Å².